The molecule has 2 atom stereocenters. The summed E-state index contributed by atoms with van der Waals surface area (Å²) in [6.45, 7) is 0.746. The minimum atomic E-state index is -4.76. The molecule has 32 heavy (non-hydrogen) atoms. The van der Waals surface area contributed by atoms with Crippen LogP contribution in [0.25, 0.3) is 11.4 Å². The van der Waals surface area contributed by atoms with Gasteiger partial charge in [-0.25, -0.2) is 0 Å². The number of alkyl halides is 3. The van der Waals surface area contributed by atoms with Crippen molar-refractivity contribution < 1.29 is 37.0 Å². The number of aliphatic hydroxyl groups is 1. The monoisotopic (exact) mass is 449 g/mol. The highest BCUT2D eigenvalue weighted by Crippen LogP contribution is 2.37. The summed E-state index contributed by atoms with van der Waals surface area (Å²) in [4.78, 5) is 6.36. The summed E-state index contributed by atoms with van der Waals surface area (Å²) < 4.78 is 57.7. The second-order valence-corrected chi connectivity index (χ2v) is 7.55. The van der Waals surface area contributed by atoms with Gasteiger partial charge < -0.3 is 23.8 Å². The molecule has 0 aliphatic carbocycles. The predicted molar refractivity (Wildman–Crippen MR) is 103 cm³/mol. The summed E-state index contributed by atoms with van der Waals surface area (Å²) in [5.41, 5.74) is 1.28. The van der Waals surface area contributed by atoms with E-state index in [0.717, 1.165) is 0 Å². The average Bonchev–Trinajstić information content (AvgIpc) is 3.45. The van der Waals surface area contributed by atoms with E-state index >= 15 is 0 Å². The third kappa shape index (κ3) is 4.34. The summed E-state index contributed by atoms with van der Waals surface area (Å²) in [5.74, 6) is 1.61. The lowest BCUT2D eigenvalue weighted by Crippen LogP contribution is -2.24. The number of hydrogen-bond acceptors (Lipinski definition) is 8. The smallest absolute Gasteiger partial charge is 0.454 e. The third-order valence-electron chi connectivity index (χ3n) is 5.26. The first-order valence-electron chi connectivity index (χ1n) is 9.84. The largest absolute Gasteiger partial charge is 0.573 e. The van der Waals surface area contributed by atoms with Gasteiger partial charge in [-0.1, -0.05) is 17.3 Å². The zero-order chi connectivity index (χ0) is 22.3. The van der Waals surface area contributed by atoms with Gasteiger partial charge in [-0.05, 0) is 42.3 Å². The topological polar surface area (TPSA) is 90.1 Å². The Balaban J connectivity index is 1.34. The minimum Gasteiger partial charge on any atom is -0.454 e. The quantitative estimate of drug-likeness (QED) is 0.631. The normalized spacial score (nSPS) is 20.6. The molecular weight excluding hydrogens is 431 g/mol. The lowest BCUT2D eigenvalue weighted by molar-refractivity contribution is -0.274. The minimum absolute atomic E-state index is 0.153. The highest BCUT2D eigenvalue weighted by molar-refractivity contribution is 5.61. The van der Waals surface area contributed by atoms with Gasteiger partial charge in [0.1, 0.15) is 5.75 Å². The van der Waals surface area contributed by atoms with Crippen molar-refractivity contribution in [2.45, 2.75) is 31.5 Å². The number of benzene rings is 2. The molecule has 2 unspecified atom stereocenters. The fourth-order valence-electron chi connectivity index (χ4n) is 3.91. The van der Waals surface area contributed by atoms with Gasteiger partial charge >= 0.3 is 6.36 Å². The summed E-state index contributed by atoms with van der Waals surface area (Å²) in [6.07, 6.45) is -5.03. The summed E-state index contributed by atoms with van der Waals surface area (Å²) >= 11 is 0. The highest BCUT2D eigenvalue weighted by Gasteiger charge is 2.36. The highest BCUT2D eigenvalue weighted by atomic mass is 19.4. The van der Waals surface area contributed by atoms with Crippen LogP contribution in [0.4, 0.5) is 13.2 Å². The number of ether oxygens (including phenoxy) is 3. The van der Waals surface area contributed by atoms with Gasteiger partial charge in [-0.3, -0.25) is 4.90 Å². The van der Waals surface area contributed by atoms with Crippen LogP contribution in [-0.4, -0.2) is 46.0 Å². The van der Waals surface area contributed by atoms with E-state index in [9.17, 15) is 18.3 Å². The maximum absolute atomic E-state index is 12.5. The molecule has 0 radical (unpaired) electrons. The first kappa shape index (κ1) is 20.6. The van der Waals surface area contributed by atoms with E-state index in [-0.39, 0.29) is 25.1 Å². The standard InChI is InChI=1S/C21H18F3N3O5/c22-21(23,24)31-15-3-1-2-12(6-15)9-27-10-14(28)8-16(27)20-25-19(26-32-20)13-4-5-17-18(7-13)30-11-29-17/h1-7,14,16,28H,8-11H2. The van der Waals surface area contributed by atoms with Crippen LogP contribution in [0.3, 0.4) is 0 Å². The van der Waals surface area contributed by atoms with Crippen molar-refractivity contribution in [3.63, 3.8) is 0 Å². The van der Waals surface area contributed by atoms with E-state index in [2.05, 4.69) is 14.9 Å². The van der Waals surface area contributed by atoms with Crippen LogP contribution in [0.5, 0.6) is 17.2 Å². The molecule has 0 saturated carbocycles. The Morgan fingerprint density at radius 1 is 1.12 bits per heavy atom. The molecule has 0 bridgehead atoms. The molecule has 1 aromatic heterocycles. The zero-order valence-corrected chi connectivity index (χ0v) is 16.6. The Labute approximate surface area is 180 Å². The number of likely N-dealkylation sites (tertiary alicyclic amines) is 1. The number of aliphatic hydroxyl groups excluding tert-OH is 1. The van der Waals surface area contributed by atoms with Crippen molar-refractivity contribution in [1.29, 1.82) is 0 Å². The maximum Gasteiger partial charge on any atom is 0.573 e. The van der Waals surface area contributed by atoms with Crippen molar-refractivity contribution in [1.82, 2.24) is 15.0 Å². The first-order chi connectivity index (χ1) is 15.3. The summed E-state index contributed by atoms with van der Waals surface area (Å²) in [7, 11) is 0. The molecule has 1 fully saturated rings. The van der Waals surface area contributed by atoms with E-state index in [1.807, 2.05) is 4.90 Å². The van der Waals surface area contributed by atoms with Crippen LogP contribution in [-0.2, 0) is 6.54 Å². The van der Waals surface area contributed by atoms with Crippen LogP contribution in [0, 0.1) is 0 Å². The molecule has 8 nitrogen and oxygen atoms in total. The second-order valence-electron chi connectivity index (χ2n) is 7.55. The van der Waals surface area contributed by atoms with Gasteiger partial charge in [0.15, 0.2) is 11.5 Å². The average molecular weight is 449 g/mol. The van der Waals surface area contributed by atoms with Crippen LogP contribution < -0.4 is 14.2 Å². The molecule has 2 aliphatic heterocycles. The van der Waals surface area contributed by atoms with Crippen LogP contribution in [0.1, 0.15) is 23.9 Å². The SMILES string of the molecule is OC1CC(c2nc(-c3ccc4c(c3)OCO4)no2)N(Cc2cccc(OC(F)(F)F)c2)C1. The Morgan fingerprint density at radius 2 is 1.97 bits per heavy atom. The van der Waals surface area contributed by atoms with Crippen LogP contribution in [0.15, 0.2) is 47.0 Å². The Bertz CT molecular complexity index is 1120. The predicted octanol–water partition coefficient (Wildman–Crippen LogP) is 3.67. The van der Waals surface area contributed by atoms with E-state index in [0.29, 0.717) is 47.3 Å². The van der Waals surface area contributed by atoms with Gasteiger partial charge in [0.2, 0.25) is 18.5 Å². The van der Waals surface area contributed by atoms with Crippen molar-refractivity contribution in [2.75, 3.05) is 13.3 Å². The molecule has 1 N–H and O–H groups in total. The molecule has 11 heteroatoms. The van der Waals surface area contributed by atoms with Crippen molar-refractivity contribution in [3.8, 4) is 28.6 Å². The molecule has 0 spiro atoms. The Morgan fingerprint density at radius 3 is 2.81 bits per heavy atom. The van der Waals surface area contributed by atoms with Gasteiger partial charge in [-0.15, -0.1) is 13.2 Å². The van der Waals surface area contributed by atoms with Crippen LogP contribution in [0.2, 0.25) is 0 Å². The molecule has 5 rings (SSSR count). The van der Waals surface area contributed by atoms with Crippen molar-refractivity contribution >= 4 is 0 Å². The number of aromatic nitrogens is 2. The van der Waals surface area contributed by atoms with Gasteiger partial charge in [0.25, 0.3) is 0 Å². The van der Waals surface area contributed by atoms with Gasteiger partial charge in [0.05, 0.1) is 12.1 Å². The molecule has 1 saturated heterocycles. The second kappa shape index (κ2) is 7.99. The van der Waals surface area contributed by atoms with E-state index in [1.165, 1.54) is 18.2 Å². The molecule has 168 valence electrons. The first-order valence-corrected chi connectivity index (χ1v) is 9.84. The number of halogens is 3. The number of fused-ring (bicyclic) bond motifs is 1. The fourth-order valence-corrected chi connectivity index (χ4v) is 3.91. The molecule has 3 aromatic rings. The molecular formula is C21H18F3N3O5. The van der Waals surface area contributed by atoms with E-state index in [4.69, 9.17) is 14.0 Å². The Kier molecular flexibility index (Phi) is 5.14. The fraction of sp³-hybridized carbons (Fsp3) is 0.333. The van der Waals surface area contributed by atoms with Crippen molar-refractivity contribution in [3.05, 3.63) is 53.9 Å². The maximum atomic E-state index is 12.5. The zero-order valence-electron chi connectivity index (χ0n) is 16.6. The molecule has 2 aromatic carbocycles. The number of rotatable bonds is 5. The van der Waals surface area contributed by atoms with Crippen molar-refractivity contribution in [2.24, 2.45) is 0 Å². The Hall–Kier alpha value is -3.31. The van der Waals surface area contributed by atoms with Gasteiger partial charge in [-0.2, -0.15) is 4.98 Å². The number of nitrogens with zero attached hydrogens (tertiary/aromatic N) is 3. The lowest BCUT2D eigenvalue weighted by Gasteiger charge is -2.21. The number of β-amino-alcohol motifs (C(OH)–C–C–N with tert-alkyl or cyclic N) is 1. The summed E-state index contributed by atoms with van der Waals surface area (Å²) in [6, 6.07) is 10.7. The summed E-state index contributed by atoms with van der Waals surface area (Å²) in [5, 5.41) is 14.3. The van der Waals surface area contributed by atoms with E-state index in [1.54, 1.807) is 24.3 Å². The third-order valence-corrected chi connectivity index (χ3v) is 5.26. The van der Waals surface area contributed by atoms with Gasteiger partial charge in [0, 0.05) is 18.7 Å². The lowest BCUT2D eigenvalue weighted by atomic mass is 10.1. The molecule has 2 aliphatic rings. The van der Waals surface area contributed by atoms with Crippen LogP contribution >= 0.6 is 0 Å². The number of hydrogen-bond donors (Lipinski definition) is 1. The van der Waals surface area contributed by atoms with E-state index < -0.39 is 12.5 Å². The molecule has 0 amide bonds. The molecule has 3 heterocycles.